The molecule has 1 aliphatic carbocycles. The largest absolute Gasteiger partial charge is 0.327 e. The van der Waals surface area contributed by atoms with E-state index in [0.717, 1.165) is 5.92 Å². The average molecular weight is 253 g/mol. The van der Waals surface area contributed by atoms with Gasteiger partial charge in [-0.05, 0) is 64.2 Å². The number of piperidine rings is 1. The van der Waals surface area contributed by atoms with Gasteiger partial charge in [-0.25, -0.2) is 0 Å². The van der Waals surface area contributed by atoms with Crippen molar-refractivity contribution in [3.05, 3.63) is 0 Å². The Kier molecular flexibility index (Phi) is 4.68. The summed E-state index contributed by atoms with van der Waals surface area (Å²) in [5.74, 6) is 0.896. The van der Waals surface area contributed by atoms with Crippen LogP contribution in [0.1, 0.15) is 39.0 Å². The number of likely N-dealkylation sites (tertiary alicyclic amines) is 1. The van der Waals surface area contributed by atoms with Crippen LogP contribution in [0.5, 0.6) is 0 Å². The van der Waals surface area contributed by atoms with Crippen molar-refractivity contribution in [2.45, 2.75) is 45.1 Å². The molecule has 2 aliphatic rings. The summed E-state index contributed by atoms with van der Waals surface area (Å²) in [4.78, 5) is 4.99. The van der Waals surface area contributed by atoms with Crippen LogP contribution in [0.4, 0.5) is 0 Å². The Labute approximate surface area is 113 Å². The molecule has 0 spiro atoms. The van der Waals surface area contributed by atoms with E-state index >= 15 is 0 Å². The number of rotatable bonds is 4. The monoisotopic (exact) mass is 253 g/mol. The number of nitrogens with two attached hydrogens (primary N) is 1. The highest BCUT2D eigenvalue weighted by molar-refractivity contribution is 4.93. The Morgan fingerprint density at radius 3 is 2.50 bits per heavy atom. The van der Waals surface area contributed by atoms with Gasteiger partial charge in [0.25, 0.3) is 0 Å². The third-order valence-electron chi connectivity index (χ3n) is 5.20. The fourth-order valence-corrected chi connectivity index (χ4v) is 3.82. The van der Waals surface area contributed by atoms with Crippen LogP contribution in [0.2, 0.25) is 0 Å². The zero-order chi connectivity index (χ0) is 13.2. The molecule has 1 saturated carbocycles. The Balaban J connectivity index is 1.76. The van der Waals surface area contributed by atoms with Gasteiger partial charge in [-0.3, -0.25) is 0 Å². The van der Waals surface area contributed by atoms with Crippen LogP contribution in [0.3, 0.4) is 0 Å². The van der Waals surface area contributed by atoms with Crippen LogP contribution >= 0.6 is 0 Å². The molecule has 2 rings (SSSR count). The van der Waals surface area contributed by atoms with Crippen LogP contribution < -0.4 is 5.73 Å². The van der Waals surface area contributed by atoms with Crippen LogP contribution in [0, 0.1) is 11.3 Å². The van der Waals surface area contributed by atoms with Gasteiger partial charge >= 0.3 is 0 Å². The van der Waals surface area contributed by atoms with Crippen molar-refractivity contribution in [1.82, 2.24) is 9.80 Å². The lowest BCUT2D eigenvalue weighted by molar-refractivity contribution is 0.132. The molecule has 1 heterocycles. The van der Waals surface area contributed by atoms with E-state index in [-0.39, 0.29) is 0 Å². The quantitative estimate of drug-likeness (QED) is 0.829. The van der Waals surface area contributed by atoms with Crippen molar-refractivity contribution < 1.29 is 0 Å². The summed E-state index contributed by atoms with van der Waals surface area (Å²) in [5, 5.41) is 0. The lowest BCUT2D eigenvalue weighted by Crippen LogP contribution is -2.45. The summed E-state index contributed by atoms with van der Waals surface area (Å²) in [6, 6.07) is 0.414. The predicted molar refractivity (Wildman–Crippen MR) is 77.7 cm³/mol. The molecule has 18 heavy (non-hydrogen) atoms. The molecule has 0 aromatic carbocycles. The standard InChI is InChI=1S/C15H31N3/c1-15(8-4-5-14(15)16)12-18(3)11-13-6-9-17(2)10-7-13/h13-14H,4-12,16H2,1-3H3. The van der Waals surface area contributed by atoms with Gasteiger partial charge in [-0.1, -0.05) is 13.3 Å². The van der Waals surface area contributed by atoms with Crippen LogP contribution in [-0.2, 0) is 0 Å². The maximum Gasteiger partial charge on any atom is 0.0105 e. The molecule has 2 atom stereocenters. The van der Waals surface area contributed by atoms with Crippen LogP contribution in [0.15, 0.2) is 0 Å². The van der Waals surface area contributed by atoms with Gasteiger partial charge in [0.2, 0.25) is 0 Å². The first-order chi connectivity index (χ1) is 8.49. The topological polar surface area (TPSA) is 32.5 Å². The molecule has 0 aromatic rings. The molecule has 0 bridgehead atoms. The van der Waals surface area contributed by atoms with Gasteiger partial charge in [0.15, 0.2) is 0 Å². The fourth-order valence-electron chi connectivity index (χ4n) is 3.82. The fraction of sp³-hybridized carbons (Fsp3) is 1.00. The minimum Gasteiger partial charge on any atom is -0.327 e. The predicted octanol–water partition coefficient (Wildman–Crippen LogP) is 1.78. The average Bonchev–Trinajstić information content (AvgIpc) is 2.62. The maximum absolute atomic E-state index is 6.28. The second kappa shape index (κ2) is 5.89. The van der Waals surface area contributed by atoms with E-state index in [2.05, 4.69) is 30.8 Å². The van der Waals surface area contributed by atoms with E-state index in [0.29, 0.717) is 11.5 Å². The van der Waals surface area contributed by atoms with Crippen molar-refractivity contribution in [3.63, 3.8) is 0 Å². The molecule has 0 aromatic heterocycles. The minimum atomic E-state index is 0.361. The van der Waals surface area contributed by atoms with E-state index < -0.39 is 0 Å². The van der Waals surface area contributed by atoms with Crippen LogP contribution in [0.25, 0.3) is 0 Å². The lowest BCUT2D eigenvalue weighted by Gasteiger charge is -2.37. The number of nitrogens with zero attached hydrogens (tertiary/aromatic N) is 2. The Hall–Kier alpha value is -0.120. The Morgan fingerprint density at radius 2 is 1.94 bits per heavy atom. The SMILES string of the molecule is CN1CCC(CN(C)CC2(C)CCCC2N)CC1. The summed E-state index contributed by atoms with van der Waals surface area (Å²) >= 11 is 0. The van der Waals surface area contributed by atoms with Crippen molar-refractivity contribution in [2.75, 3.05) is 40.3 Å². The first-order valence-corrected chi connectivity index (χ1v) is 7.62. The van der Waals surface area contributed by atoms with Crippen LogP contribution in [-0.4, -0.2) is 56.1 Å². The first-order valence-electron chi connectivity index (χ1n) is 7.62. The molecule has 2 fully saturated rings. The van der Waals surface area contributed by atoms with Gasteiger partial charge in [0.1, 0.15) is 0 Å². The molecule has 1 saturated heterocycles. The molecule has 1 aliphatic heterocycles. The van der Waals surface area contributed by atoms with E-state index in [1.807, 2.05) is 0 Å². The molecule has 0 radical (unpaired) electrons. The normalized spacial score (nSPS) is 35.5. The summed E-state index contributed by atoms with van der Waals surface area (Å²) in [6.07, 6.45) is 6.58. The molecular formula is C15H31N3. The summed E-state index contributed by atoms with van der Waals surface area (Å²) in [5.41, 5.74) is 6.64. The highest BCUT2D eigenvalue weighted by Gasteiger charge is 2.37. The summed E-state index contributed by atoms with van der Waals surface area (Å²) in [7, 11) is 4.52. The molecule has 3 heteroatoms. The highest BCUT2D eigenvalue weighted by atomic mass is 15.1. The van der Waals surface area contributed by atoms with Gasteiger partial charge < -0.3 is 15.5 Å². The van der Waals surface area contributed by atoms with Gasteiger partial charge in [0, 0.05) is 19.1 Å². The Morgan fingerprint density at radius 1 is 1.28 bits per heavy atom. The van der Waals surface area contributed by atoms with E-state index in [4.69, 9.17) is 5.73 Å². The first kappa shape index (κ1) is 14.3. The van der Waals surface area contributed by atoms with Gasteiger partial charge in [0.05, 0.1) is 0 Å². The second-order valence-corrected chi connectivity index (χ2v) is 7.10. The lowest BCUT2D eigenvalue weighted by atomic mass is 9.84. The highest BCUT2D eigenvalue weighted by Crippen LogP contribution is 2.37. The molecule has 0 amide bonds. The van der Waals surface area contributed by atoms with Crippen molar-refractivity contribution in [1.29, 1.82) is 0 Å². The maximum atomic E-state index is 6.28. The van der Waals surface area contributed by atoms with Gasteiger partial charge in [-0.15, -0.1) is 0 Å². The smallest absolute Gasteiger partial charge is 0.0105 e. The van der Waals surface area contributed by atoms with E-state index in [9.17, 15) is 0 Å². The summed E-state index contributed by atoms with van der Waals surface area (Å²) in [6.45, 7) is 7.37. The number of hydrogen-bond acceptors (Lipinski definition) is 3. The molecule has 2 N–H and O–H groups in total. The second-order valence-electron chi connectivity index (χ2n) is 7.10. The zero-order valence-electron chi connectivity index (χ0n) is 12.5. The molecule has 3 nitrogen and oxygen atoms in total. The van der Waals surface area contributed by atoms with Crippen molar-refractivity contribution >= 4 is 0 Å². The molecule has 106 valence electrons. The van der Waals surface area contributed by atoms with Crippen molar-refractivity contribution in [2.24, 2.45) is 17.1 Å². The third-order valence-corrected chi connectivity index (χ3v) is 5.20. The Bertz CT molecular complexity index is 260. The molecule has 2 unspecified atom stereocenters. The zero-order valence-corrected chi connectivity index (χ0v) is 12.5. The van der Waals surface area contributed by atoms with Gasteiger partial charge in [-0.2, -0.15) is 0 Å². The third kappa shape index (κ3) is 3.46. The summed E-state index contributed by atoms with van der Waals surface area (Å²) < 4.78 is 0. The molecular weight excluding hydrogens is 222 g/mol. The van der Waals surface area contributed by atoms with E-state index in [1.165, 1.54) is 58.3 Å². The minimum absolute atomic E-state index is 0.361. The number of hydrogen-bond donors (Lipinski definition) is 1. The van der Waals surface area contributed by atoms with Crippen molar-refractivity contribution in [3.8, 4) is 0 Å². The van der Waals surface area contributed by atoms with E-state index in [1.54, 1.807) is 0 Å².